The minimum absolute atomic E-state index is 0.382. The van der Waals surface area contributed by atoms with Crippen LogP contribution in [0.1, 0.15) is 39.0 Å². The van der Waals surface area contributed by atoms with E-state index < -0.39 is 0 Å². The number of hydrogen-bond donors (Lipinski definition) is 1. The Labute approximate surface area is 86.3 Å². The van der Waals surface area contributed by atoms with Gasteiger partial charge >= 0.3 is 0 Å². The monoisotopic (exact) mass is 195 g/mol. The van der Waals surface area contributed by atoms with Gasteiger partial charge < -0.3 is 5.11 Å². The van der Waals surface area contributed by atoms with Crippen molar-refractivity contribution in [3.63, 3.8) is 0 Å². The van der Waals surface area contributed by atoms with Gasteiger partial charge in [-0.1, -0.05) is 6.92 Å². The molecular formula is C12H21NO. The Bertz CT molecular complexity index is 242. The maximum atomic E-state index is 9.36. The molecule has 4 unspecified atom stereocenters. The van der Waals surface area contributed by atoms with Crippen molar-refractivity contribution in [3.05, 3.63) is 0 Å². The highest BCUT2D eigenvalue weighted by Gasteiger charge is 2.58. The molecule has 1 saturated carbocycles. The molecule has 0 radical (unpaired) electrons. The van der Waals surface area contributed by atoms with E-state index in [2.05, 4.69) is 11.8 Å². The summed E-state index contributed by atoms with van der Waals surface area (Å²) in [6.45, 7) is 3.99. The second kappa shape index (κ2) is 2.96. The van der Waals surface area contributed by atoms with Crippen LogP contribution in [-0.2, 0) is 0 Å². The van der Waals surface area contributed by atoms with Crippen LogP contribution in [0.25, 0.3) is 0 Å². The summed E-state index contributed by atoms with van der Waals surface area (Å²) in [4.78, 5) is 2.63. The van der Waals surface area contributed by atoms with Crippen LogP contribution >= 0.6 is 0 Å². The highest BCUT2D eigenvalue weighted by atomic mass is 16.3. The first-order valence-electron chi connectivity index (χ1n) is 6.17. The zero-order chi connectivity index (χ0) is 9.76. The van der Waals surface area contributed by atoms with E-state index in [0.717, 1.165) is 12.0 Å². The number of rotatable bonds is 2. The number of aliphatic hydroxyl groups excluding tert-OH is 1. The van der Waals surface area contributed by atoms with Gasteiger partial charge in [0.1, 0.15) is 0 Å². The van der Waals surface area contributed by atoms with Gasteiger partial charge in [0.05, 0.1) is 6.61 Å². The van der Waals surface area contributed by atoms with Gasteiger partial charge in [-0.2, -0.15) is 0 Å². The molecule has 0 bridgehead atoms. The lowest BCUT2D eigenvalue weighted by atomic mass is 9.79. The predicted octanol–water partition coefficient (Wildman–Crippen LogP) is 1.63. The van der Waals surface area contributed by atoms with Gasteiger partial charge in [0.25, 0.3) is 0 Å². The van der Waals surface area contributed by atoms with E-state index in [1.165, 1.54) is 38.6 Å². The Kier molecular flexibility index (Phi) is 1.94. The normalized spacial score (nSPS) is 51.4. The summed E-state index contributed by atoms with van der Waals surface area (Å²) in [5.41, 5.74) is 0.647. The number of aliphatic hydroxyl groups is 1. The van der Waals surface area contributed by atoms with E-state index in [-0.39, 0.29) is 0 Å². The molecule has 0 aromatic heterocycles. The Hall–Kier alpha value is -0.0800. The topological polar surface area (TPSA) is 23.5 Å². The molecule has 1 N–H and O–H groups in total. The van der Waals surface area contributed by atoms with Crippen LogP contribution in [0, 0.1) is 11.3 Å². The Morgan fingerprint density at radius 3 is 3.00 bits per heavy atom. The van der Waals surface area contributed by atoms with Crippen molar-refractivity contribution in [2.24, 2.45) is 11.3 Å². The van der Waals surface area contributed by atoms with Crippen molar-refractivity contribution in [2.45, 2.75) is 51.1 Å². The average molecular weight is 195 g/mol. The Morgan fingerprint density at radius 1 is 1.43 bits per heavy atom. The summed E-state index contributed by atoms with van der Waals surface area (Å²) in [6.07, 6.45) is 6.88. The van der Waals surface area contributed by atoms with Crippen LogP contribution < -0.4 is 0 Å². The fraction of sp³-hybridized carbons (Fsp3) is 1.00. The molecule has 2 heteroatoms. The van der Waals surface area contributed by atoms with Crippen molar-refractivity contribution in [1.29, 1.82) is 0 Å². The molecule has 3 aliphatic rings. The van der Waals surface area contributed by atoms with Crippen LogP contribution in [0.5, 0.6) is 0 Å². The summed E-state index contributed by atoms with van der Waals surface area (Å²) < 4.78 is 0. The smallest absolute Gasteiger partial charge is 0.0587 e. The summed E-state index contributed by atoms with van der Waals surface area (Å²) in [5, 5.41) is 9.36. The molecule has 2 heterocycles. The molecule has 3 rings (SSSR count). The molecule has 0 spiro atoms. The molecule has 80 valence electrons. The van der Waals surface area contributed by atoms with Crippen molar-refractivity contribution in [1.82, 2.24) is 4.90 Å². The van der Waals surface area contributed by atoms with Crippen molar-refractivity contribution in [3.8, 4) is 0 Å². The summed E-state index contributed by atoms with van der Waals surface area (Å²) >= 11 is 0. The lowest BCUT2D eigenvalue weighted by Crippen LogP contribution is -2.38. The fourth-order valence-corrected chi connectivity index (χ4v) is 4.55. The molecule has 0 amide bonds. The van der Waals surface area contributed by atoms with Gasteiger partial charge in [-0.15, -0.1) is 0 Å². The summed E-state index contributed by atoms with van der Waals surface area (Å²) in [6, 6.07) is 1.34. The van der Waals surface area contributed by atoms with Crippen molar-refractivity contribution in [2.75, 3.05) is 13.2 Å². The Balaban J connectivity index is 1.90. The van der Waals surface area contributed by atoms with Crippen LogP contribution in [0.15, 0.2) is 0 Å². The van der Waals surface area contributed by atoms with E-state index >= 15 is 0 Å². The van der Waals surface area contributed by atoms with Crippen LogP contribution in [0.3, 0.4) is 0 Å². The van der Waals surface area contributed by atoms with E-state index in [9.17, 15) is 5.11 Å². The van der Waals surface area contributed by atoms with E-state index in [0.29, 0.717) is 18.1 Å². The molecular weight excluding hydrogens is 174 g/mol. The van der Waals surface area contributed by atoms with Gasteiger partial charge in [-0.25, -0.2) is 0 Å². The molecule has 4 atom stereocenters. The maximum Gasteiger partial charge on any atom is 0.0587 e. The molecule has 1 aliphatic carbocycles. The van der Waals surface area contributed by atoms with Gasteiger partial charge in [-0.3, -0.25) is 4.90 Å². The minimum atomic E-state index is 0.382. The van der Waals surface area contributed by atoms with E-state index in [1.807, 2.05) is 0 Å². The van der Waals surface area contributed by atoms with Crippen LogP contribution in [-0.4, -0.2) is 35.2 Å². The molecule has 0 aromatic rings. The second-order valence-electron chi connectivity index (χ2n) is 5.52. The molecule has 0 aromatic carbocycles. The first-order valence-corrected chi connectivity index (χ1v) is 6.17. The predicted molar refractivity (Wildman–Crippen MR) is 56.0 cm³/mol. The molecule has 2 saturated heterocycles. The van der Waals surface area contributed by atoms with Gasteiger partial charge in [0, 0.05) is 12.1 Å². The molecule has 14 heavy (non-hydrogen) atoms. The highest BCUT2D eigenvalue weighted by Crippen LogP contribution is 2.58. The third kappa shape index (κ3) is 0.938. The Morgan fingerprint density at radius 2 is 2.29 bits per heavy atom. The number of hydrogen-bond acceptors (Lipinski definition) is 2. The lowest BCUT2D eigenvalue weighted by Gasteiger charge is -2.30. The van der Waals surface area contributed by atoms with E-state index in [4.69, 9.17) is 0 Å². The van der Waals surface area contributed by atoms with Crippen molar-refractivity contribution >= 4 is 0 Å². The SMILES string of the molecule is CCC12CCC3CC(CO)N(CC1)C32. The first-order chi connectivity index (χ1) is 6.80. The number of nitrogens with zero attached hydrogens (tertiary/aromatic N) is 1. The van der Waals surface area contributed by atoms with Gasteiger partial charge in [0.15, 0.2) is 0 Å². The third-order valence-electron chi connectivity index (χ3n) is 5.27. The third-order valence-corrected chi connectivity index (χ3v) is 5.27. The zero-order valence-electron chi connectivity index (χ0n) is 9.08. The second-order valence-corrected chi connectivity index (χ2v) is 5.52. The quantitative estimate of drug-likeness (QED) is 0.724. The summed E-state index contributed by atoms with van der Waals surface area (Å²) in [7, 11) is 0. The van der Waals surface area contributed by atoms with Crippen LogP contribution in [0.4, 0.5) is 0 Å². The summed E-state index contributed by atoms with van der Waals surface area (Å²) in [5.74, 6) is 0.912. The zero-order valence-corrected chi connectivity index (χ0v) is 9.08. The standard InChI is InChI=1S/C12H21NO/c1-2-12-4-3-9-7-10(8-14)13(6-5-12)11(9)12/h9-11,14H,2-8H2,1H3. The average Bonchev–Trinajstić information content (AvgIpc) is 2.84. The van der Waals surface area contributed by atoms with Gasteiger partial charge in [0.2, 0.25) is 0 Å². The largest absolute Gasteiger partial charge is 0.395 e. The highest BCUT2D eigenvalue weighted by molar-refractivity contribution is 5.12. The van der Waals surface area contributed by atoms with E-state index in [1.54, 1.807) is 0 Å². The fourth-order valence-electron chi connectivity index (χ4n) is 4.55. The van der Waals surface area contributed by atoms with Crippen LogP contribution in [0.2, 0.25) is 0 Å². The van der Waals surface area contributed by atoms with Crippen molar-refractivity contribution < 1.29 is 5.11 Å². The van der Waals surface area contributed by atoms with Gasteiger partial charge in [-0.05, 0) is 50.0 Å². The molecule has 2 nitrogen and oxygen atoms in total. The lowest BCUT2D eigenvalue weighted by molar-refractivity contribution is 0.130. The minimum Gasteiger partial charge on any atom is -0.395 e. The molecule has 3 fully saturated rings. The maximum absolute atomic E-state index is 9.36. The molecule has 2 aliphatic heterocycles. The first kappa shape index (κ1) is 9.17.